The Morgan fingerprint density at radius 3 is 2.00 bits per heavy atom. The van der Waals surface area contributed by atoms with Crippen LogP contribution in [-0.4, -0.2) is 32.0 Å². The third-order valence-corrected chi connectivity index (χ3v) is 3.73. The molecule has 0 saturated carbocycles. The molecular weight excluding hydrogens is 330 g/mol. The number of nitrogen functional groups attached to an aromatic ring is 2. The third-order valence-electron chi connectivity index (χ3n) is 2.77. The molecule has 1 atom stereocenters. The van der Waals surface area contributed by atoms with Gasteiger partial charge in [0, 0.05) is 18.3 Å². The van der Waals surface area contributed by atoms with Crippen LogP contribution >= 0.6 is 11.8 Å². The van der Waals surface area contributed by atoms with Gasteiger partial charge in [0.1, 0.15) is 0 Å². The van der Waals surface area contributed by atoms with Crippen molar-refractivity contribution in [2.75, 3.05) is 22.1 Å². The summed E-state index contributed by atoms with van der Waals surface area (Å²) >= 11 is 1.12. The van der Waals surface area contributed by atoms with E-state index in [9.17, 15) is 9.59 Å². The lowest BCUT2D eigenvalue weighted by Gasteiger charge is -2.12. The Balaban J connectivity index is 1.97. The summed E-state index contributed by atoms with van der Waals surface area (Å²) in [7, 11) is 0. The fraction of sp³-hybridized carbons (Fsp3) is 0.214. The van der Waals surface area contributed by atoms with Gasteiger partial charge in [-0.2, -0.15) is 15.0 Å². The van der Waals surface area contributed by atoms with Crippen LogP contribution in [0.4, 0.5) is 23.3 Å². The Labute approximate surface area is 142 Å². The number of hydrogen-bond acceptors (Lipinski definition) is 8. The van der Waals surface area contributed by atoms with Gasteiger partial charge in [0.15, 0.2) is 5.16 Å². The molecule has 9 nitrogen and oxygen atoms in total. The highest BCUT2D eigenvalue weighted by Crippen LogP contribution is 2.22. The highest BCUT2D eigenvalue weighted by atomic mass is 32.2. The van der Waals surface area contributed by atoms with E-state index in [1.54, 1.807) is 31.2 Å². The molecule has 0 spiro atoms. The van der Waals surface area contributed by atoms with Crippen LogP contribution in [0.1, 0.15) is 13.8 Å². The molecule has 0 aliphatic heterocycles. The molecule has 2 aromatic rings. The van der Waals surface area contributed by atoms with Crippen molar-refractivity contribution < 1.29 is 9.59 Å². The SMILES string of the molecule is CC(=O)Nc1ccc(NC(=O)[C@@H](C)Sc2nc(N)nc(N)n2)cc1. The average Bonchev–Trinajstić information content (AvgIpc) is 2.47. The first-order chi connectivity index (χ1) is 11.3. The number of nitrogens with zero attached hydrogens (tertiary/aromatic N) is 3. The summed E-state index contributed by atoms with van der Waals surface area (Å²) in [6.45, 7) is 3.14. The number of carbonyl (C=O) groups is 2. The number of rotatable bonds is 5. The number of thioether (sulfide) groups is 1. The molecule has 0 aliphatic rings. The number of carbonyl (C=O) groups excluding carboxylic acids is 2. The summed E-state index contributed by atoms with van der Waals surface area (Å²) in [6, 6.07) is 6.78. The van der Waals surface area contributed by atoms with Gasteiger partial charge in [-0.15, -0.1) is 0 Å². The zero-order valence-corrected chi connectivity index (χ0v) is 13.9. The summed E-state index contributed by atoms with van der Waals surface area (Å²) in [4.78, 5) is 34.7. The van der Waals surface area contributed by atoms with Crippen LogP contribution in [-0.2, 0) is 9.59 Å². The first-order valence-corrected chi connectivity index (χ1v) is 7.83. The van der Waals surface area contributed by atoms with Crippen LogP contribution in [0.3, 0.4) is 0 Å². The Morgan fingerprint density at radius 2 is 1.50 bits per heavy atom. The lowest BCUT2D eigenvalue weighted by atomic mass is 10.2. The predicted octanol–water partition coefficient (Wildman–Crippen LogP) is 1.11. The van der Waals surface area contributed by atoms with Gasteiger partial charge in [-0.3, -0.25) is 9.59 Å². The predicted molar refractivity (Wildman–Crippen MR) is 93.3 cm³/mol. The fourth-order valence-corrected chi connectivity index (χ4v) is 2.51. The number of benzene rings is 1. The van der Waals surface area contributed by atoms with Crippen molar-refractivity contribution in [3.63, 3.8) is 0 Å². The summed E-state index contributed by atoms with van der Waals surface area (Å²) in [5.74, 6) is -0.380. The van der Waals surface area contributed by atoms with Crippen LogP contribution in [0.5, 0.6) is 0 Å². The summed E-state index contributed by atoms with van der Waals surface area (Å²) in [5.41, 5.74) is 12.3. The molecule has 24 heavy (non-hydrogen) atoms. The molecule has 0 fully saturated rings. The van der Waals surface area contributed by atoms with Gasteiger partial charge in [-0.1, -0.05) is 11.8 Å². The Hall–Kier alpha value is -2.88. The lowest BCUT2D eigenvalue weighted by molar-refractivity contribution is -0.115. The lowest BCUT2D eigenvalue weighted by Crippen LogP contribution is -2.22. The average molecular weight is 347 g/mol. The monoisotopic (exact) mass is 347 g/mol. The van der Waals surface area contributed by atoms with Gasteiger partial charge in [-0.25, -0.2) is 0 Å². The molecule has 1 aromatic heterocycles. The maximum absolute atomic E-state index is 12.2. The second-order valence-electron chi connectivity index (χ2n) is 4.84. The largest absolute Gasteiger partial charge is 0.368 e. The molecule has 0 saturated heterocycles. The van der Waals surface area contributed by atoms with Gasteiger partial charge in [0.05, 0.1) is 5.25 Å². The quantitative estimate of drug-likeness (QED) is 0.588. The van der Waals surface area contributed by atoms with Crippen LogP contribution in [0.25, 0.3) is 0 Å². The van der Waals surface area contributed by atoms with E-state index in [4.69, 9.17) is 11.5 Å². The Bertz CT molecular complexity index is 731. The third kappa shape index (κ3) is 5.09. The second kappa shape index (κ2) is 7.59. The molecule has 0 bridgehead atoms. The smallest absolute Gasteiger partial charge is 0.237 e. The molecule has 10 heteroatoms. The second-order valence-corrected chi connectivity index (χ2v) is 6.15. The molecule has 0 unspecified atom stereocenters. The first-order valence-electron chi connectivity index (χ1n) is 6.95. The van der Waals surface area contributed by atoms with Gasteiger partial charge in [-0.05, 0) is 31.2 Å². The minimum absolute atomic E-state index is 0.00571. The Morgan fingerprint density at radius 1 is 1.00 bits per heavy atom. The van der Waals surface area contributed by atoms with E-state index in [1.165, 1.54) is 6.92 Å². The van der Waals surface area contributed by atoms with Crippen molar-refractivity contribution in [2.24, 2.45) is 0 Å². The van der Waals surface area contributed by atoms with Crippen molar-refractivity contribution in [2.45, 2.75) is 24.3 Å². The van der Waals surface area contributed by atoms with E-state index in [0.717, 1.165) is 11.8 Å². The minimum Gasteiger partial charge on any atom is -0.368 e. The maximum atomic E-state index is 12.2. The van der Waals surface area contributed by atoms with Crippen molar-refractivity contribution in [1.82, 2.24) is 15.0 Å². The molecule has 0 radical (unpaired) electrons. The van der Waals surface area contributed by atoms with Gasteiger partial charge < -0.3 is 22.1 Å². The van der Waals surface area contributed by atoms with Gasteiger partial charge >= 0.3 is 0 Å². The number of anilines is 4. The van der Waals surface area contributed by atoms with Crippen LogP contribution in [0.15, 0.2) is 29.4 Å². The molecule has 126 valence electrons. The zero-order valence-electron chi connectivity index (χ0n) is 13.1. The van der Waals surface area contributed by atoms with E-state index in [0.29, 0.717) is 11.4 Å². The number of nitrogens with one attached hydrogen (secondary N) is 2. The Kier molecular flexibility index (Phi) is 5.53. The van der Waals surface area contributed by atoms with E-state index < -0.39 is 5.25 Å². The maximum Gasteiger partial charge on any atom is 0.237 e. The molecular formula is C14H17N7O2S. The molecule has 2 rings (SSSR count). The van der Waals surface area contributed by atoms with Crippen molar-refractivity contribution in [1.29, 1.82) is 0 Å². The summed E-state index contributed by atoms with van der Waals surface area (Å²) in [6.07, 6.45) is 0. The number of hydrogen-bond donors (Lipinski definition) is 4. The van der Waals surface area contributed by atoms with Crippen molar-refractivity contribution >= 4 is 46.8 Å². The highest BCUT2D eigenvalue weighted by molar-refractivity contribution is 8.00. The van der Waals surface area contributed by atoms with E-state index >= 15 is 0 Å². The summed E-state index contributed by atoms with van der Waals surface area (Å²) < 4.78 is 0. The molecule has 6 N–H and O–H groups in total. The van der Waals surface area contributed by atoms with Gasteiger partial charge in [0.2, 0.25) is 23.7 Å². The molecule has 1 heterocycles. The number of nitrogens with two attached hydrogens (primary N) is 2. The first kappa shape index (κ1) is 17.5. The standard InChI is InChI=1S/C14H17N7O2S/c1-7(24-14-20-12(15)19-13(16)21-14)11(23)18-10-5-3-9(4-6-10)17-8(2)22/h3-7H,1-2H3,(H,17,22)(H,18,23)(H4,15,16,19,20,21)/t7-/m1/s1. The molecule has 0 aliphatic carbocycles. The van der Waals surface area contributed by atoms with E-state index in [2.05, 4.69) is 25.6 Å². The number of aromatic nitrogens is 3. The van der Waals surface area contributed by atoms with Crippen LogP contribution in [0, 0.1) is 0 Å². The zero-order chi connectivity index (χ0) is 17.7. The van der Waals surface area contributed by atoms with Crippen molar-refractivity contribution in [3.8, 4) is 0 Å². The topological polar surface area (TPSA) is 149 Å². The highest BCUT2D eigenvalue weighted by Gasteiger charge is 2.17. The van der Waals surface area contributed by atoms with Crippen LogP contribution < -0.4 is 22.1 Å². The molecule has 1 aromatic carbocycles. The van der Waals surface area contributed by atoms with E-state index in [-0.39, 0.29) is 28.9 Å². The van der Waals surface area contributed by atoms with Crippen LogP contribution in [0.2, 0.25) is 0 Å². The normalized spacial score (nSPS) is 11.6. The number of amides is 2. The fourth-order valence-electron chi connectivity index (χ4n) is 1.74. The molecule has 2 amide bonds. The van der Waals surface area contributed by atoms with Crippen molar-refractivity contribution in [3.05, 3.63) is 24.3 Å². The summed E-state index contributed by atoms with van der Waals surface area (Å²) in [5, 5.41) is 5.23. The minimum atomic E-state index is -0.471. The van der Waals surface area contributed by atoms with E-state index in [1.807, 2.05) is 0 Å². The van der Waals surface area contributed by atoms with Gasteiger partial charge in [0.25, 0.3) is 0 Å².